The Morgan fingerprint density at radius 2 is 2.16 bits per heavy atom. The SMILES string of the molecule is CN(CCc1ccccn1)Cc1cn(CCN)cn1. The second-order valence-corrected chi connectivity index (χ2v) is 4.70. The van der Waals surface area contributed by atoms with Crippen LogP contribution in [0.5, 0.6) is 0 Å². The summed E-state index contributed by atoms with van der Waals surface area (Å²) in [5.41, 5.74) is 7.73. The van der Waals surface area contributed by atoms with E-state index in [1.165, 1.54) is 0 Å². The average molecular weight is 259 g/mol. The molecule has 0 unspecified atom stereocenters. The molecule has 0 spiro atoms. The van der Waals surface area contributed by atoms with E-state index in [0.717, 1.165) is 37.4 Å². The van der Waals surface area contributed by atoms with Gasteiger partial charge in [0.1, 0.15) is 0 Å². The largest absolute Gasteiger partial charge is 0.336 e. The Morgan fingerprint density at radius 3 is 2.89 bits per heavy atom. The molecule has 2 N–H and O–H groups in total. The lowest BCUT2D eigenvalue weighted by Crippen LogP contribution is -2.21. The number of nitrogens with zero attached hydrogens (tertiary/aromatic N) is 4. The number of likely N-dealkylation sites (N-methyl/N-ethyl adjacent to an activating group) is 1. The van der Waals surface area contributed by atoms with E-state index in [2.05, 4.69) is 34.2 Å². The van der Waals surface area contributed by atoms with Gasteiger partial charge in [0.25, 0.3) is 0 Å². The second-order valence-electron chi connectivity index (χ2n) is 4.70. The zero-order valence-corrected chi connectivity index (χ0v) is 11.4. The quantitative estimate of drug-likeness (QED) is 0.803. The molecular formula is C14H21N5. The number of rotatable bonds is 7. The van der Waals surface area contributed by atoms with Crippen LogP contribution in [0, 0.1) is 0 Å². The van der Waals surface area contributed by atoms with Gasteiger partial charge in [0, 0.05) is 50.7 Å². The van der Waals surface area contributed by atoms with Crippen LogP contribution in [0.1, 0.15) is 11.4 Å². The van der Waals surface area contributed by atoms with Gasteiger partial charge >= 0.3 is 0 Å². The fraction of sp³-hybridized carbons (Fsp3) is 0.429. The zero-order valence-electron chi connectivity index (χ0n) is 11.4. The maximum Gasteiger partial charge on any atom is 0.0950 e. The lowest BCUT2D eigenvalue weighted by atomic mass is 10.2. The first-order valence-corrected chi connectivity index (χ1v) is 6.57. The molecule has 5 heteroatoms. The molecule has 0 saturated carbocycles. The van der Waals surface area contributed by atoms with Crippen molar-refractivity contribution in [3.05, 3.63) is 48.3 Å². The van der Waals surface area contributed by atoms with Crippen molar-refractivity contribution in [1.82, 2.24) is 19.4 Å². The van der Waals surface area contributed by atoms with E-state index in [0.29, 0.717) is 6.54 Å². The Morgan fingerprint density at radius 1 is 1.26 bits per heavy atom. The maximum absolute atomic E-state index is 5.52. The molecule has 0 aliphatic rings. The highest BCUT2D eigenvalue weighted by Gasteiger charge is 2.04. The molecule has 0 amide bonds. The summed E-state index contributed by atoms with van der Waals surface area (Å²) in [6.07, 6.45) is 6.70. The molecule has 0 bridgehead atoms. The summed E-state index contributed by atoms with van der Waals surface area (Å²) in [6.45, 7) is 3.29. The highest BCUT2D eigenvalue weighted by atomic mass is 15.1. The summed E-state index contributed by atoms with van der Waals surface area (Å²) in [5.74, 6) is 0. The highest BCUT2D eigenvalue weighted by molar-refractivity contribution is 5.04. The van der Waals surface area contributed by atoms with Crippen molar-refractivity contribution < 1.29 is 0 Å². The van der Waals surface area contributed by atoms with Gasteiger partial charge in [-0.05, 0) is 19.2 Å². The van der Waals surface area contributed by atoms with Gasteiger partial charge in [-0.1, -0.05) is 6.07 Å². The van der Waals surface area contributed by atoms with Crippen LogP contribution in [0.2, 0.25) is 0 Å². The molecule has 2 heterocycles. The third-order valence-electron chi connectivity index (χ3n) is 2.98. The summed E-state index contributed by atoms with van der Waals surface area (Å²) in [6, 6.07) is 6.03. The Kier molecular flexibility index (Phi) is 5.06. The summed E-state index contributed by atoms with van der Waals surface area (Å²) in [7, 11) is 2.10. The Bertz CT molecular complexity index is 480. The van der Waals surface area contributed by atoms with Crippen molar-refractivity contribution >= 4 is 0 Å². The summed E-state index contributed by atoms with van der Waals surface area (Å²) in [5, 5.41) is 0. The van der Waals surface area contributed by atoms with Crippen molar-refractivity contribution in [2.45, 2.75) is 19.5 Å². The maximum atomic E-state index is 5.52. The topological polar surface area (TPSA) is 60.0 Å². The average Bonchev–Trinajstić information content (AvgIpc) is 2.85. The number of hydrogen-bond donors (Lipinski definition) is 1. The fourth-order valence-electron chi connectivity index (χ4n) is 1.97. The Balaban J connectivity index is 1.78. The Hall–Kier alpha value is -1.72. The van der Waals surface area contributed by atoms with Crippen LogP contribution in [0.3, 0.4) is 0 Å². The van der Waals surface area contributed by atoms with E-state index in [1.807, 2.05) is 29.2 Å². The molecule has 0 atom stereocenters. The highest BCUT2D eigenvalue weighted by Crippen LogP contribution is 2.02. The standard InChI is InChI=1S/C14H21N5/c1-18(8-5-13-4-2-3-7-16-13)10-14-11-19(9-6-15)12-17-14/h2-4,7,11-12H,5-6,8-10,15H2,1H3. The monoisotopic (exact) mass is 259 g/mol. The summed E-state index contributed by atoms with van der Waals surface area (Å²) >= 11 is 0. The third-order valence-corrected chi connectivity index (χ3v) is 2.98. The molecule has 2 aromatic heterocycles. The van der Waals surface area contributed by atoms with Gasteiger partial charge in [-0.15, -0.1) is 0 Å². The van der Waals surface area contributed by atoms with Crippen LogP contribution in [0.25, 0.3) is 0 Å². The van der Waals surface area contributed by atoms with Gasteiger partial charge in [-0.25, -0.2) is 4.98 Å². The number of aromatic nitrogens is 3. The van der Waals surface area contributed by atoms with Gasteiger partial charge < -0.3 is 15.2 Å². The molecule has 2 aromatic rings. The van der Waals surface area contributed by atoms with Gasteiger partial charge in [-0.3, -0.25) is 4.98 Å². The molecule has 5 nitrogen and oxygen atoms in total. The van der Waals surface area contributed by atoms with Crippen LogP contribution in [-0.4, -0.2) is 39.6 Å². The lowest BCUT2D eigenvalue weighted by molar-refractivity contribution is 0.326. The summed E-state index contributed by atoms with van der Waals surface area (Å²) < 4.78 is 2.03. The molecule has 102 valence electrons. The summed E-state index contributed by atoms with van der Waals surface area (Å²) in [4.78, 5) is 11.0. The van der Waals surface area contributed by atoms with Gasteiger partial charge in [0.2, 0.25) is 0 Å². The Labute approximate surface area is 114 Å². The first-order valence-electron chi connectivity index (χ1n) is 6.57. The molecule has 0 aliphatic heterocycles. The number of pyridine rings is 1. The molecule has 19 heavy (non-hydrogen) atoms. The first-order chi connectivity index (χ1) is 9.28. The molecule has 2 rings (SSSR count). The normalized spacial score (nSPS) is 11.1. The van der Waals surface area contributed by atoms with Crippen LogP contribution in [0.4, 0.5) is 0 Å². The number of hydrogen-bond acceptors (Lipinski definition) is 4. The third kappa shape index (κ3) is 4.46. The van der Waals surface area contributed by atoms with Crippen molar-refractivity contribution in [3.63, 3.8) is 0 Å². The predicted octanol–water partition coefficient (Wildman–Crippen LogP) is 0.911. The minimum Gasteiger partial charge on any atom is -0.336 e. The van der Waals surface area contributed by atoms with Crippen molar-refractivity contribution in [1.29, 1.82) is 0 Å². The lowest BCUT2D eigenvalue weighted by Gasteiger charge is -2.14. The second kappa shape index (κ2) is 7.01. The predicted molar refractivity (Wildman–Crippen MR) is 75.6 cm³/mol. The van der Waals surface area contributed by atoms with Gasteiger partial charge in [0.15, 0.2) is 0 Å². The molecule has 0 saturated heterocycles. The molecule has 0 radical (unpaired) electrons. The molecule has 0 fully saturated rings. The van der Waals surface area contributed by atoms with Gasteiger partial charge in [-0.2, -0.15) is 0 Å². The molecular weight excluding hydrogens is 238 g/mol. The molecule has 0 aromatic carbocycles. The van der Waals surface area contributed by atoms with E-state index < -0.39 is 0 Å². The first kappa shape index (κ1) is 13.7. The van der Waals surface area contributed by atoms with Crippen molar-refractivity contribution in [2.24, 2.45) is 5.73 Å². The minimum absolute atomic E-state index is 0.644. The van der Waals surface area contributed by atoms with E-state index in [1.54, 1.807) is 0 Å². The van der Waals surface area contributed by atoms with E-state index in [9.17, 15) is 0 Å². The molecule has 0 aliphatic carbocycles. The minimum atomic E-state index is 0.644. The number of nitrogens with two attached hydrogens (primary N) is 1. The van der Waals surface area contributed by atoms with Crippen LogP contribution < -0.4 is 5.73 Å². The van der Waals surface area contributed by atoms with E-state index in [4.69, 9.17) is 5.73 Å². The van der Waals surface area contributed by atoms with Gasteiger partial charge in [0.05, 0.1) is 12.0 Å². The fourth-order valence-corrected chi connectivity index (χ4v) is 1.97. The van der Waals surface area contributed by atoms with Crippen LogP contribution in [-0.2, 0) is 19.5 Å². The van der Waals surface area contributed by atoms with E-state index >= 15 is 0 Å². The van der Waals surface area contributed by atoms with Crippen LogP contribution in [0.15, 0.2) is 36.9 Å². The van der Waals surface area contributed by atoms with Crippen molar-refractivity contribution in [3.8, 4) is 0 Å². The van der Waals surface area contributed by atoms with Crippen molar-refractivity contribution in [2.75, 3.05) is 20.1 Å². The van der Waals surface area contributed by atoms with E-state index in [-0.39, 0.29) is 0 Å². The zero-order chi connectivity index (χ0) is 13.5. The number of imidazole rings is 1. The smallest absolute Gasteiger partial charge is 0.0950 e. The van der Waals surface area contributed by atoms with Crippen LogP contribution >= 0.6 is 0 Å².